The molecule has 0 fully saturated rings. The molecule has 0 unspecified atom stereocenters. The topological polar surface area (TPSA) is 55.6 Å². The molecule has 0 saturated heterocycles. The maximum atomic E-state index is 12.4. The standard InChI is InChI=1S/C15H12F3N5/c16-15(17,18)13-5-6-14(22-21-13)20-12-4-1-3-11(9-12)10-23-8-2-7-19-23/h1-9H,10H2,(H,20,22). The van der Waals surface area contributed by atoms with Gasteiger partial charge in [0.25, 0.3) is 0 Å². The van der Waals surface area contributed by atoms with Gasteiger partial charge in [-0.15, -0.1) is 10.2 Å². The molecule has 1 N–H and O–H groups in total. The predicted molar refractivity (Wildman–Crippen MR) is 78.1 cm³/mol. The van der Waals surface area contributed by atoms with Crippen molar-refractivity contribution in [3.05, 3.63) is 66.1 Å². The molecular weight excluding hydrogens is 307 g/mol. The number of hydrogen-bond donors (Lipinski definition) is 1. The molecule has 0 saturated carbocycles. The van der Waals surface area contributed by atoms with Crippen LogP contribution in [0.5, 0.6) is 0 Å². The van der Waals surface area contributed by atoms with E-state index in [9.17, 15) is 13.2 Å². The summed E-state index contributed by atoms with van der Waals surface area (Å²) in [7, 11) is 0. The summed E-state index contributed by atoms with van der Waals surface area (Å²) in [6.45, 7) is 0.598. The summed E-state index contributed by atoms with van der Waals surface area (Å²) in [5, 5.41) is 13.8. The third-order valence-corrected chi connectivity index (χ3v) is 3.06. The third-order valence-electron chi connectivity index (χ3n) is 3.06. The number of nitrogens with one attached hydrogen (secondary N) is 1. The van der Waals surface area contributed by atoms with Gasteiger partial charge in [-0.3, -0.25) is 4.68 Å². The summed E-state index contributed by atoms with van der Waals surface area (Å²) in [4.78, 5) is 0. The van der Waals surface area contributed by atoms with Gasteiger partial charge < -0.3 is 5.32 Å². The summed E-state index contributed by atoms with van der Waals surface area (Å²) in [6.07, 6.45) is -0.948. The Labute approximate surface area is 129 Å². The Balaban J connectivity index is 1.72. The van der Waals surface area contributed by atoms with Gasteiger partial charge in [0.05, 0.1) is 6.54 Å². The SMILES string of the molecule is FC(F)(F)c1ccc(Nc2cccc(Cn3cccn3)c2)nn1. The fourth-order valence-electron chi connectivity index (χ4n) is 2.03. The Morgan fingerprint density at radius 1 is 1.04 bits per heavy atom. The number of nitrogens with zero attached hydrogens (tertiary/aromatic N) is 4. The van der Waals surface area contributed by atoms with Crippen LogP contribution < -0.4 is 5.32 Å². The third kappa shape index (κ3) is 3.85. The van der Waals surface area contributed by atoms with E-state index < -0.39 is 11.9 Å². The van der Waals surface area contributed by atoms with Gasteiger partial charge in [-0.1, -0.05) is 12.1 Å². The zero-order valence-corrected chi connectivity index (χ0v) is 11.8. The molecular formula is C15H12F3N5. The van der Waals surface area contributed by atoms with Gasteiger partial charge in [0.1, 0.15) is 0 Å². The van der Waals surface area contributed by atoms with Gasteiger partial charge >= 0.3 is 6.18 Å². The Hall–Kier alpha value is -2.90. The molecule has 3 aromatic rings. The molecule has 23 heavy (non-hydrogen) atoms. The number of anilines is 2. The second kappa shape index (κ2) is 6.07. The van der Waals surface area contributed by atoms with Crippen LogP contribution in [-0.2, 0) is 12.7 Å². The van der Waals surface area contributed by atoms with Crippen LogP contribution in [0, 0.1) is 0 Å². The Bertz CT molecular complexity index is 767. The molecule has 0 aliphatic rings. The minimum absolute atomic E-state index is 0.245. The highest BCUT2D eigenvalue weighted by molar-refractivity contribution is 5.56. The average molecular weight is 319 g/mol. The molecule has 0 bridgehead atoms. The van der Waals surface area contributed by atoms with Crippen molar-refractivity contribution in [2.24, 2.45) is 0 Å². The van der Waals surface area contributed by atoms with Crippen molar-refractivity contribution in [3.63, 3.8) is 0 Å². The molecule has 0 radical (unpaired) electrons. The second-order valence-electron chi connectivity index (χ2n) is 4.83. The molecule has 0 aliphatic carbocycles. The number of alkyl halides is 3. The lowest BCUT2D eigenvalue weighted by Gasteiger charge is -2.09. The van der Waals surface area contributed by atoms with Gasteiger partial charge in [0.15, 0.2) is 11.5 Å². The molecule has 2 heterocycles. The summed E-state index contributed by atoms with van der Waals surface area (Å²) in [6, 6.07) is 11.4. The van der Waals surface area contributed by atoms with E-state index in [0.29, 0.717) is 12.2 Å². The van der Waals surface area contributed by atoms with Crippen LogP contribution in [0.1, 0.15) is 11.3 Å². The van der Waals surface area contributed by atoms with Gasteiger partial charge in [0.2, 0.25) is 0 Å². The number of halogens is 3. The maximum absolute atomic E-state index is 12.4. The first-order valence-electron chi connectivity index (χ1n) is 6.75. The Morgan fingerprint density at radius 2 is 1.91 bits per heavy atom. The largest absolute Gasteiger partial charge is 0.435 e. The van der Waals surface area contributed by atoms with Crippen molar-refractivity contribution < 1.29 is 13.2 Å². The van der Waals surface area contributed by atoms with Crippen LogP contribution in [0.2, 0.25) is 0 Å². The first kappa shape index (κ1) is 15.0. The predicted octanol–water partition coefficient (Wildman–Crippen LogP) is 3.48. The molecule has 1 aromatic carbocycles. The van der Waals surface area contributed by atoms with E-state index in [1.165, 1.54) is 6.07 Å². The number of benzene rings is 1. The number of aromatic nitrogens is 4. The molecule has 118 valence electrons. The van der Waals surface area contributed by atoms with Crippen molar-refractivity contribution in [1.82, 2.24) is 20.0 Å². The number of rotatable bonds is 4. The lowest BCUT2D eigenvalue weighted by molar-refractivity contribution is -0.141. The van der Waals surface area contributed by atoms with Crippen molar-refractivity contribution in [2.75, 3.05) is 5.32 Å². The fourth-order valence-corrected chi connectivity index (χ4v) is 2.03. The first-order valence-corrected chi connectivity index (χ1v) is 6.75. The summed E-state index contributed by atoms with van der Waals surface area (Å²) >= 11 is 0. The monoisotopic (exact) mass is 319 g/mol. The smallest absolute Gasteiger partial charge is 0.339 e. The molecule has 0 spiro atoms. The van der Waals surface area contributed by atoms with E-state index in [1.54, 1.807) is 16.9 Å². The van der Waals surface area contributed by atoms with Gasteiger partial charge in [-0.2, -0.15) is 18.3 Å². The molecule has 0 aliphatic heterocycles. The Kier molecular flexibility index (Phi) is 3.96. The van der Waals surface area contributed by atoms with E-state index in [-0.39, 0.29) is 5.82 Å². The fraction of sp³-hybridized carbons (Fsp3) is 0.133. The molecule has 0 amide bonds. The van der Waals surface area contributed by atoms with Crippen LogP contribution >= 0.6 is 0 Å². The highest BCUT2D eigenvalue weighted by Crippen LogP contribution is 2.27. The average Bonchev–Trinajstić information content (AvgIpc) is 3.00. The maximum Gasteiger partial charge on any atom is 0.435 e. The van der Waals surface area contributed by atoms with E-state index in [0.717, 1.165) is 11.6 Å². The highest BCUT2D eigenvalue weighted by atomic mass is 19.4. The molecule has 0 atom stereocenters. The van der Waals surface area contributed by atoms with Crippen LogP contribution in [0.3, 0.4) is 0 Å². The molecule has 3 rings (SSSR count). The van der Waals surface area contributed by atoms with Crippen LogP contribution in [-0.4, -0.2) is 20.0 Å². The van der Waals surface area contributed by atoms with Crippen LogP contribution in [0.15, 0.2) is 54.9 Å². The lowest BCUT2D eigenvalue weighted by Crippen LogP contribution is -2.09. The van der Waals surface area contributed by atoms with Crippen LogP contribution in [0.4, 0.5) is 24.7 Å². The van der Waals surface area contributed by atoms with E-state index in [2.05, 4.69) is 20.6 Å². The zero-order chi connectivity index (χ0) is 16.3. The van der Waals surface area contributed by atoms with Crippen molar-refractivity contribution in [1.29, 1.82) is 0 Å². The van der Waals surface area contributed by atoms with Crippen molar-refractivity contribution >= 4 is 11.5 Å². The van der Waals surface area contributed by atoms with Crippen LogP contribution in [0.25, 0.3) is 0 Å². The first-order chi connectivity index (χ1) is 11.0. The minimum Gasteiger partial charge on any atom is -0.339 e. The summed E-state index contributed by atoms with van der Waals surface area (Å²) in [5.41, 5.74) is 0.692. The molecule has 5 nitrogen and oxygen atoms in total. The van der Waals surface area contributed by atoms with Gasteiger partial charge in [0, 0.05) is 18.1 Å². The highest BCUT2D eigenvalue weighted by Gasteiger charge is 2.32. The summed E-state index contributed by atoms with van der Waals surface area (Å²) in [5.74, 6) is 0.245. The van der Waals surface area contributed by atoms with Gasteiger partial charge in [-0.25, -0.2) is 0 Å². The quantitative estimate of drug-likeness (QED) is 0.800. The molecule has 2 aromatic heterocycles. The van der Waals surface area contributed by atoms with E-state index in [4.69, 9.17) is 0 Å². The summed E-state index contributed by atoms with van der Waals surface area (Å²) < 4.78 is 39.1. The second-order valence-corrected chi connectivity index (χ2v) is 4.83. The lowest BCUT2D eigenvalue weighted by atomic mass is 10.2. The molecule has 8 heteroatoms. The van der Waals surface area contributed by atoms with E-state index in [1.807, 2.05) is 30.5 Å². The number of hydrogen-bond acceptors (Lipinski definition) is 4. The van der Waals surface area contributed by atoms with Crippen molar-refractivity contribution in [3.8, 4) is 0 Å². The van der Waals surface area contributed by atoms with Crippen molar-refractivity contribution in [2.45, 2.75) is 12.7 Å². The Morgan fingerprint density at radius 3 is 2.57 bits per heavy atom. The van der Waals surface area contributed by atoms with E-state index >= 15 is 0 Å². The zero-order valence-electron chi connectivity index (χ0n) is 11.8. The van der Waals surface area contributed by atoms with Gasteiger partial charge in [-0.05, 0) is 35.9 Å². The normalized spacial score (nSPS) is 11.4. The minimum atomic E-state index is -4.49.